The van der Waals surface area contributed by atoms with Gasteiger partial charge in [-0.3, -0.25) is 0 Å². The van der Waals surface area contributed by atoms with Crippen molar-refractivity contribution in [2.75, 3.05) is 6.61 Å². The molecule has 0 amide bonds. The zero-order chi connectivity index (χ0) is 20.9. The minimum absolute atomic E-state index is 0.129. The van der Waals surface area contributed by atoms with Crippen LogP contribution in [0.15, 0.2) is 55.1 Å². The maximum absolute atomic E-state index is 14.7. The van der Waals surface area contributed by atoms with E-state index in [4.69, 9.17) is 4.74 Å². The Labute approximate surface area is 181 Å². The third-order valence-electron chi connectivity index (χ3n) is 7.33. The number of benzene rings is 2. The molecular weight excluding hydrogens is 371 g/mol. The first-order chi connectivity index (χ1) is 14.7. The van der Waals surface area contributed by atoms with Crippen LogP contribution in [0.2, 0.25) is 0 Å². The van der Waals surface area contributed by atoms with Gasteiger partial charge >= 0.3 is 0 Å². The van der Waals surface area contributed by atoms with Gasteiger partial charge in [-0.05, 0) is 98.8 Å². The summed E-state index contributed by atoms with van der Waals surface area (Å²) < 4.78 is 20.6. The summed E-state index contributed by atoms with van der Waals surface area (Å²) in [6.07, 6.45) is 11.8. The maximum atomic E-state index is 14.7. The Morgan fingerprint density at radius 3 is 2.50 bits per heavy atom. The summed E-state index contributed by atoms with van der Waals surface area (Å²) in [5.41, 5.74) is 4.12. The van der Waals surface area contributed by atoms with E-state index in [1.807, 2.05) is 18.2 Å². The fourth-order valence-electron chi connectivity index (χ4n) is 5.69. The fourth-order valence-corrected chi connectivity index (χ4v) is 5.69. The molecule has 160 valence electrons. The fraction of sp³-hybridized carbons (Fsp3) is 0.500. The van der Waals surface area contributed by atoms with Crippen LogP contribution in [0.25, 0.3) is 11.1 Å². The Morgan fingerprint density at radius 2 is 1.77 bits per heavy atom. The number of hydrogen-bond donors (Lipinski definition) is 0. The van der Waals surface area contributed by atoms with E-state index >= 15 is 0 Å². The molecule has 4 atom stereocenters. The second-order valence-electron chi connectivity index (χ2n) is 9.18. The summed E-state index contributed by atoms with van der Waals surface area (Å²) in [4.78, 5) is 0. The summed E-state index contributed by atoms with van der Waals surface area (Å²) in [6.45, 7) is 6.69. The molecular formula is C28H35FO. The quantitative estimate of drug-likeness (QED) is 0.428. The van der Waals surface area contributed by atoms with Gasteiger partial charge in [0.15, 0.2) is 0 Å². The van der Waals surface area contributed by atoms with E-state index in [0.717, 1.165) is 42.4 Å². The van der Waals surface area contributed by atoms with Gasteiger partial charge in [-0.2, -0.15) is 0 Å². The summed E-state index contributed by atoms with van der Waals surface area (Å²) in [7, 11) is 0. The van der Waals surface area contributed by atoms with E-state index < -0.39 is 0 Å². The molecule has 2 aromatic carbocycles. The SMILES string of the molecule is C=CCCc1ccc(-c2ccc(C3CCC4CC(OCC)CCC4C3)cc2)c(F)c1. The highest BCUT2D eigenvalue weighted by atomic mass is 19.1. The lowest BCUT2D eigenvalue weighted by atomic mass is 9.65. The molecule has 0 aliphatic heterocycles. The highest BCUT2D eigenvalue weighted by Crippen LogP contribution is 2.46. The minimum Gasteiger partial charge on any atom is -0.378 e. The lowest BCUT2D eigenvalue weighted by Crippen LogP contribution is -2.33. The van der Waals surface area contributed by atoms with Crippen LogP contribution in [0.1, 0.15) is 68.9 Å². The molecule has 0 bridgehead atoms. The molecule has 30 heavy (non-hydrogen) atoms. The third-order valence-corrected chi connectivity index (χ3v) is 7.33. The van der Waals surface area contributed by atoms with Crippen molar-refractivity contribution in [3.63, 3.8) is 0 Å². The smallest absolute Gasteiger partial charge is 0.131 e. The number of allylic oxidation sites excluding steroid dienone is 1. The van der Waals surface area contributed by atoms with Crippen molar-refractivity contribution in [3.8, 4) is 11.1 Å². The van der Waals surface area contributed by atoms with Crippen molar-refractivity contribution in [3.05, 3.63) is 72.1 Å². The highest BCUT2D eigenvalue weighted by Gasteiger charge is 2.36. The number of hydrogen-bond acceptors (Lipinski definition) is 1. The molecule has 2 aromatic rings. The Bertz CT molecular complexity index is 840. The van der Waals surface area contributed by atoms with E-state index in [-0.39, 0.29) is 5.82 Å². The molecule has 0 heterocycles. The molecule has 4 unspecified atom stereocenters. The minimum atomic E-state index is -0.129. The van der Waals surface area contributed by atoms with Crippen LogP contribution in [-0.2, 0) is 11.2 Å². The van der Waals surface area contributed by atoms with Gasteiger partial charge in [-0.1, -0.05) is 42.5 Å². The number of fused-ring (bicyclic) bond motifs is 1. The molecule has 2 heteroatoms. The zero-order valence-corrected chi connectivity index (χ0v) is 18.3. The predicted molar refractivity (Wildman–Crippen MR) is 123 cm³/mol. The van der Waals surface area contributed by atoms with Crippen molar-refractivity contribution >= 4 is 0 Å². The average molecular weight is 407 g/mol. The monoisotopic (exact) mass is 406 g/mol. The predicted octanol–water partition coefficient (Wildman–Crippen LogP) is 7.70. The van der Waals surface area contributed by atoms with Crippen LogP contribution in [0.5, 0.6) is 0 Å². The molecule has 2 fully saturated rings. The molecule has 2 saturated carbocycles. The van der Waals surface area contributed by atoms with Crippen LogP contribution in [0.3, 0.4) is 0 Å². The van der Waals surface area contributed by atoms with Crippen molar-refractivity contribution in [2.24, 2.45) is 11.8 Å². The summed E-state index contributed by atoms with van der Waals surface area (Å²) >= 11 is 0. The first kappa shape index (κ1) is 21.3. The molecule has 1 nitrogen and oxygen atoms in total. The highest BCUT2D eigenvalue weighted by molar-refractivity contribution is 5.65. The molecule has 0 radical (unpaired) electrons. The van der Waals surface area contributed by atoms with Crippen LogP contribution >= 0.6 is 0 Å². The van der Waals surface area contributed by atoms with Crippen LogP contribution in [-0.4, -0.2) is 12.7 Å². The van der Waals surface area contributed by atoms with Gasteiger partial charge in [0.25, 0.3) is 0 Å². The molecule has 0 spiro atoms. The largest absolute Gasteiger partial charge is 0.378 e. The van der Waals surface area contributed by atoms with Crippen molar-refractivity contribution in [2.45, 2.75) is 70.3 Å². The number of ether oxygens (including phenoxy) is 1. The van der Waals surface area contributed by atoms with Gasteiger partial charge in [0.1, 0.15) is 5.82 Å². The van der Waals surface area contributed by atoms with Crippen molar-refractivity contribution in [1.29, 1.82) is 0 Å². The molecule has 2 aliphatic rings. The molecule has 0 aromatic heterocycles. The Balaban J connectivity index is 1.40. The van der Waals surface area contributed by atoms with E-state index in [1.54, 1.807) is 6.07 Å². The number of aryl methyl sites for hydroxylation is 1. The van der Waals surface area contributed by atoms with Gasteiger partial charge in [0, 0.05) is 12.2 Å². The normalized spacial score (nSPS) is 26.2. The van der Waals surface area contributed by atoms with Crippen molar-refractivity contribution in [1.82, 2.24) is 0 Å². The molecule has 4 rings (SSSR count). The third kappa shape index (κ3) is 4.86. The van der Waals surface area contributed by atoms with E-state index in [9.17, 15) is 4.39 Å². The lowest BCUT2D eigenvalue weighted by molar-refractivity contribution is -0.00955. The first-order valence-corrected chi connectivity index (χ1v) is 11.8. The Kier molecular flexibility index (Phi) is 7.04. The second kappa shape index (κ2) is 9.92. The number of halogens is 1. The molecule has 0 saturated heterocycles. The van der Waals surface area contributed by atoms with Crippen molar-refractivity contribution < 1.29 is 9.13 Å². The van der Waals surface area contributed by atoms with E-state index in [1.165, 1.54) is 44.1 Å². The number of rotatable bonds is 7. The van der Waals surface area contributed by atoms with Gasteiger partial charge in [0.2, 0.25) is 0 Å². The van der Waals surface area contributed by atoms with E-state index in [0.29, 0.717) is 17.6 Å². The first-order valence-electron chi connectivity index (χ1n) is 11.8. The standard InChI is InChI=1S/C28H35FO/c1-3-5-6-20-7-16-27(28(29)17-20)22-10-8-21(9-11-22)23-12-13-25-19-26(30-4-2)15-14-24(25)18-23/h3,7-11,16-17,23-26H,1,4-6,12-15,18-19H2,2H3. The molecule has 0 N–H and O–H groups in total. The maximum Gasteiger partial charge on any atom is 0.131 e. The zero-order valence-electron chi connectivity index (χ0n) is 18.3. The Morgan fingerprint density at radius 1 is 1.00 bits per heavy atom. The second-order valence-corrected chi connectivity index (χ2v) is 9.18. The van der Waals surface area contributed by atoms with Gasteiger partial charge in [-0.15, -0.1) is 6.58 Å². The van der Waals surface area contributed by atoms with Crippen LogP contribution < -0.4 is 0 Å². The summed E-state index contributed by atoms with van der Waals surface area (Å²) in [5, 5.41) is 0. The van der Waals surface area contributed by atoms with Gasteiger partial charge in [-0.25, -0.2) is 4.39 Å². The molecule has 2 aliphatic carbocycles. The topological polar surface area (TPSA) is 9.23 Å². The Hall–Kier alpha value is -1.93. The van der Waals surface area contributed by atoms with Gasteiger partial charge in [0.05, 0.1) is 6.10 Å². The van der Waals surface area contributed by atoms with E-state index in [2.05, 4.69) is 37.8 Å². The summed E-state index contributed by atoms with van der Waals surface area (Å²) in [6, 6.07) is 14.3. The van der Waals surface area contributed by atoms with Crippen LogP contribution in [0.4, 0.5) is 4.39 Å². The summed E-state index contributed by atoms with van der Waals surface area (Å²) in [5.74, 6) is 2.21. The van der Waals surface area contributed by atoms with Crippen LogP contribution in [0, 0.1) is 17.7 Å². The average Bonchev–Trinajstić information content (AvgIpc) is 2.78. The van der Waals surface area contributed by atoms with Gasteiger partial charge < -0.3 is 4.74 Å². The lowest BCUT2D eigenvalue weighted by Gasteiger charge is -2.42.